The van der Waals surface area contributed by atoms with Crippen LogP contribution in [0.5, 0.6) is 5.75 Å². The smallest absolute Gasteiger partial charge is 0.343 e. The number of imide groups is 1. The van der Waals surface area contributed by atoms with Gasteiger partial charge in [0.05, 0.1) is 18.6 Å². The van der Waals surface area contributed by atoms with E-state index in [2.05, 4.69) is 4.74 Å². The molecule has 2 aromatic rings. The van der Waals surface area contributed by atoms with Crippen molar-refractivity contribution in [1.29, 1.82) is 0 Å². The van der Waals surface area contributed by atoms with E-state index in [4.69, 9.17) is 16.3 Å². The quantitative estimate of drug-likeness (QED) is 0.498. The number of carbonyl (C=O) groups excluding carboxylic acids is 3. The molecule has 0 N–H and O–H groups in total. The number of rotatable bonds is 6. The molecule has 0 aliphatic carbocycles. The van der Waals surface area contributed by atoms with Gasteiger partial charge in [0.25, 0.3) is 11.1 Å². The van der Waals surface area contributed by atoms with Gasteiger partial charge in [-0.1, -0.05) is 29.8 Å². The molecule has 0 atom stereocenters. The molecule has 6 nitrogen and oxygen atoms in total. The molecule has 1 saturated heterocycles. The second-order valence-corrected chi connectivity index (χ2v) is 7.34. The molecule has 0 unspecified atom stereocenters. The van der Waals surface area contributed by atoms with E-state index in [-0.39, 0.29) is 23.1 Å². The fourth-order valence-corrected chi connectivity index (χ4v) is 3.53. The Bertz CT molecular complexity index is 993. The molecular weight excluding hydrogens is 421 g/mol. The molecule has 2 amide bonds. The summed E-state index contributed by atoms with van der Waals surface area (Å²) in [5.41, 5.74) is 1.16. The van der Waals surface area contributed by atoms with E-state index in [1.165, 1.54) is 19.2 Å². The van der Waals surface area contributed by atoms with Crippen LogP contribution in [0.15, 0.2) is 47.4 Å². The molecule has 3 rings (SSSR count). The number of methoxy groups -OCH3 is 1. The highest BCUT2D eigenvalue weighted by molar-refractivity contribution is 8.18. The number of benzene rings is 2. The number of carbonyl (C=O) groups is 3. The van der Waals surface area contributed by atoms with Crippen molar-refractivity contribution in [1.82, 2.24) is 4.90 Å². The fraction of sp³-hybridized carbons (Fsp3) is 0.150. The van der Waals surface area contributed by atoms with Crippen molar-refractivity contribution in [3.05, 3.63) is 69.3 Å². The van der Waals surface area contributed by atoms with Gasteiger partial charge in [0.1, 0.15) is 11.6 Å². The van der Waals surface area contributed by atoms with E-state index in [1.807, 2.05) is 0 Å². The highest BCUT2D eigenvalue weighted by Gasteiger charge is 2.35. The summed E-state index contributed by atoms with van der Waals surface area (Å²) in [6.45, 7) is -0.248. The van der Waals surface area contributed by atoms with E-state index in [1.54, 1.807) is 30.3 Å². The predicted molar refractivity (Wildman–Crippen MR) is 107 cm³/mol. The Morgan fingerprint density at radius 1 is 1.21 bits per heavy atom. The van der Waals surface area contributed by atoms with Crippen LogP contribution in [0.3, 0.4) is 0 Å². The Kier molecular flexibility index (Phi) is 6.56. The highest BCUT2D eigenvalue weighted by atomic mass is 35.5. The van der Waals surface area contributed by atoms with Crippen LogP contribution in [-0.2, 0) is 20.9 Å². The van der Waals surface area contributed by atoms with Crippen LogP contribution >= 0.6 is 23.4 Å². The Labute approximate surface area is 175 Å². The summed E-state index contributed by atoms with van der Waals surface area (Å²) in [5.74, 6) is -0.978. The lowest BCUT2D eigenvalue weighted by Crippen LogP contribution is -2.27. The number of esters is 1. The largest absolute Gasteiger partial charge is 0.482 e. The van der Waals surface area contributed by atoms with Gasteiger partial charge in [-0.15, -0.1) is 0 Å². The number of hydrogen-bond donors (Lipinski definition) is 0. The minimum atomic E-state index is -0.496. The Morgan fingerprint density at radius 2 is 1.93 bits per heavy atom. The zero-order valence-corrected chi connectivity index (χ0v) is 16.8. The van der Waals surface area contributed by atoms with E-state index >= 15 is 0 Å². The van der Waals surface area contributed by atoms with Gasteiger partial charge in [-0.05, 0) is 53.2 Å². The number of hydrogen-bond acceptors (Lipinski definition) is 6. The average molecular weight is 436 g/mol. The first-order chi connectivity index (χ1) is 13.9. The molecule has 1 heterocycles. The van der Waals surface area contributed by atoms with E-state index in [0.29, 0.717) is 16.9 Å². The predicted octanol–water partition coefficient (Wildman–Crippen LogP) is 4.27. The maximum absolute atomic E-state index is 13.2. The molecule has 150 valence electrons. The first-order valence-corrected chi connectivity index (χ1v) is 9.56. The maximum Gasteiger partial charge on any atom is 0.343 e. The summed E-state index contributed by atoms with van der Waals surface area (Å²) in [4.78, 5) is 37.3. The summed E-state index contributed by atoms with van der Waals surface area (Å²) in [6, 6.07) is 10.5. The molecule has 29 heavy (non-hydrogen) atoms. The molecule has 1 aliphatic rings. The van der Waals surface area contributed by atoms with Gasteiger partial charge in [0.15, 0.2) is 6.61 Å². The van der Waals surface area contributed by atoms with Gasteiger partial charge in [-0.2, -0.15) is 0 Å². The number of halogens is 2. The van der Waals surface area contributed by atoms with Crippen LogP contribution in [0.1, 0.15) is 11.1 Å². The minimum absolute atomic E-state index is 0.0403. The number of ether oxygens (including phenoxy) is 2. The molecule has 0 saturated carbocycles. The first-order valence-electron chi connectivity index (χ1n) is 8.36. The molecule has 1 aliphatic heterocycles. The second kappa shape index (κ2) is 9.11. The topological polar surface area (TPSA) is 72.9 Å². The lowest BCUT2D eigenvalue weighted by Gasteiger charge is -2.13. The van der Waals surface area contributed by atoms with Crippen molar-refractivity contribution in [2.75, 3.05) is 13.7 Å². The lowest BCUT2D eigenvalue weighted by molar-refractivity contribution is -0.142. The monoisotopic (exact) mass is 435 g/mol. The summed E-state index contributed by atoms with van der Waals surface area (Å²) in [7, 11) is 1.27. The third kappa shape index (κ3) is 5.16. The molecule has 0 radical (unpaired) electrons. The normalized spacial score (nSPS) is 15.1. The number of amides is 2. The van der Waals surface area contributed by atoms with Gasteiger partial charge in [0.2, 0.25) is 0 Å². The third-order valence-corrected chi connectivity index (χ3v) is 5.24. The van der Waals surface area contributed by atoms with E-state index in [0.717, 1.165) is 22.7 Å². The summed E-state index contributed by atoms with van der Waals surface area (Å²) < 4.78 is 22.9. The van der Waals surface area contributed by atoms with Crippen molar-refractivity contribution in [3.63, 3.8) is 0 Å². The van der Waals surface area contributed by atoms with Gasteiger partial charge in [-0.25, -0.2) is 9.18 Å². The molecule has 0 bridgehead atoms. The Balaban J connectivity index is 1.70. The van der Waals surface area contributed by atoms with Gasteiger partial charge >= 0.3 is 5.97 Å². The molecular formula is C20H15ClFNO5S. The minimum Gasteiger partial charge on any atom is -0.482 e. The Morgan fingerprint density at radius 3 is 2.59 bits per heavy atom. The average Bonchev–Trinajstić information content (AvgIpc) is 2.96. The van der Waals surface area contributed by atoms with Gasteiger partial charge < -0.3 is 9.47 Å². The Hall–Kier alpha value is -2.84. The van der Waals surface area contributed by atoms with Crippen LogP contribution < -0.4 is 4.74 Å². The maximum atomic E-state index is 13.2. The van der Waals surface area contributed by atoms with Crippen LogP contribution in [0.2, 0.25) is 5.02 Å². The van der Waals surface area contributed by atoms with Crippen molar-refractivity contribution in [2.45, 2.75) is 6.54 Å². The second-order valence-electron chi connectivity index (χ2n) is 5.94. The molecule has 0 spiro atoms. The summed E-state index contributed by atoms with van der Waals surface area (Å²) >= 11 is 6.80. The highest BCUT2D eigenvalue weighted by Crippen LogP contribution is 2.34. The molecule has 1 fully saturated rings. The SMILES string of the molecule is COC(=O)COc1ccc(/C=C2\SC(=O)N(Cc3ccc(F)cc3Cl)C2=O)cc1. The first kappa shape index (κ1) is 20.9. The van der Waals surface area contributed by atoms with Crippen molar-refractivity contribution in [2.24, 2.45) is 0 Å². The third-order valence-electron chi connectivity index (χ3n) is 3.98. The van der Waals surface area contributed by atoms with Gasteiger partial charge in [-0.3, -0.25) is 14.5 Å². The summed E-state index contributed by atoms with van der Waals surface area (Å²) in [6.07, 6.45) is 1.58. The number of thioether (sulfide) groups is 1. The van der Waals surface area contributed by atoms with Crippen LogP contribution in [0.25, 0.3) is 6.08 Å². The zero-order valence-electron chi connectivity index (χ0n) is 15.2. The van der Waals surface area contributed by atoms with E-state index < -0.39 is 22.9 Å². The van der Waals surface area contributed by atoms with Crippen molar-refractivity contribution >= 4 is 46.6 Å². The number of nitrogens with zero attached hydrogens (tertiary/aromatic N) is 1. The van der Waals surface area contributed by atoms with Crippen LogP contribution in [-0.4, -0.2) is 35.7 Å². The van der Waals surface area contributed by atoms with Gasteiger partial charge in [0, 0.05) is 5.02 Å². The van der Waals surface area contributed by atoms with Crippen molar-refractivity contribution in [3.8, 4) is 5.75 Å². The molecule has 0 aromatic heterocycles. The fourth-order valence-electron chi connectivity index (χ4n) is 2.47. The molecule has 9 heteroatoms. The van der Waals surface area contributed by atoms with Crippen LogP contribution in [0.4, 0.5) is 9.18 Å². The lowest BCUT2D eigenvalue weighted by atomic mass is 10.2. The van der Waals surface area contributed by atoms with Crippen LogP contribution in [0, 0.1) is 5.82 Å². The summed E-state index contributed by atoms with van der Waals surface area (Å²) in [5, 5.41) is -0.282. The van der Waals surface area contributed by atoms with Crippen molar-refractivity contribution < 1.29 is 28.2 Å². The van der Waals surface area contributed by atoms with E-state index in [9.17, 15) is 18.8 Å². The molecule has 2 aromatic carbocycles. The zero-order chi connectivity index (χ0) is 21.0. The standard InChI is InChI=1S/C20H15ClFNO5S/c1-27-18(24)11-28-15-6-2-12(3-7-15)8-17-19(25)23(20(26)29-17)10-13-4-5-14(22)9-16(13)21/h2-9H,10-11H2,1H3/b17-8-.